The van der Waals surface area contributed by atoms with Gasteiger partial charge in [-0.05, 0) is 67.2 Å². The molecule has 0 atom stereocenters. The first-order valence-electron chi connectivity index (χ1n) is 9.63. The van der Waals surface area contributed by atoms with E-state index < -0.39 is 0 Å². The number of benzene rings is 3. The molecule has 4 nitrogen and oxygen atoms in total. The summed E-state index contributed by atoms with van der Waals surface area (Å²) in [6.45, 7) is 7.24. The van der Waals surface area contributed by atoms with Crippen LogP contribution in [-0.2, 0) is 6.54 Å². The summed E-state index contributed by atoms with van der Waals surface area (Å²) in [5, 5.41) is 2.93. The third-order valence-electron chi connectivity index (χ3n) is 4.61. The predicted octanol–water partition coefficient (Wildman–Crippen LogP) is 5.57. The maximum atomic E-state index is 12.5. The lowest BCUT2D eigenvalue weighted by atomic mass is 10.1. The topological polar surface area (TPSA) is 41.6 Å². The summed E-state index contributed by atoms with van der Waals surface area (Å²) < 4.78 is 5.77. The smallest absolute Gasteiger partial charge is 0.255 e. The van der Waals surface area contributed by atoms with Crippen molar-refractivity contribution in [1.82, 2.24) is 4.90 Å². The van der Waals surface area contributed by atoms with Crippen LogP contribution < -0.4 is 10.1 Å². The zero-order valence-corrected chi connectivity index (χ0v) is 16.4. The van der Waals surface area contributed by atoms with Crippen LogP contribution in [0, 0.1) is 0 Å². The number of anilines is 1. The van der Waals surface area contributed by atoms with Crippen LogP contribution in [0.4, 0.5) is 5.69 Å². The molecule has 3 rings (SSSR count). The average molecular weight is 374 g/mol. The molecule has 0 unspecified atom stereocenters. The molecule has 0 radical (unpaired) electrons. The van der Waals surface area contributed by atoms with E-state index in [0.29, 0.717) is 5.56 Å². The normalized spacial score (nSPS) is 10.7. The highest BCUT2D eigenvalue weighted by Gasteiger charge is 2.08. The lowest BCUT2D eigenvalue weighted by Gasteiger charge is -2.18. The summed E-state index contributed by atoms with van der Waals surface area (Å²) in [5.74, 6) is 1.39. The first-order chi connectivity index (χ1) is 13.7. The van der Waals surface area contributed by atoms with Crippen molar-refractivity contribution in [1.29, 1.82) is 0 Å². The molecule has 0 fully saturated rings. The second-order valence-corrected chi connectivity index (χ2v) is 6.55. The minimum atomic E-state index is -0.119. The maximum Gasteiger partial charge on any atom is 0.255 e. The van der Waals surface area contributed by atoms with Gasteiger partial charge in [0.1, 0.15) is 11.5 Å². The van der Waals surface area contributed by atoms with Crippen molar-refractivity contribution < 1.29 is 9.53 Å². The van der Waals surface area contributed by atoms with Crippen molar-refractivity contribution in [3.8, 4) is 11.5 Å². The molecule has 0 aliphatic rings. The quantitative estimate of drug-likeness (QED) is 0.560. The van der Waals surface area contributed by atoms with Crippen molar-refractivity contribution in [3.63, 3.8) is 0 Å². The van der Waals surface area contributed by atoms with Crippen LogP contribution >= 0.6 is 0 Å². The van der Waals surface area contributed by atoms with Crippen molar-refractivity contribution in [2.45, 2.75) is 20.4 Å². The van der Waals surface area contributed by atoms with E-state index in [1.165, 1.54) is 5.56 Å². The number of nitrogens with one attached hydrogen (secondary N) is 1. The molecule has 0 saturated heterocycles. The SMILES string of the molecule is CCN(CC)Cc1ccc(C(=O)Nc2ccc(Oc3ccccc3)cc2)cc1. The van der Waals surface area contributed by atoms with Gasteiger partial charge < -0.3 is 10.1 Å². The summed E-state index contributed by atoms with van der Waals surface area (Å²) >= 11 is 0. The number of para-hydroxylation sites is 1. The molecule has 0 heterocycles. The van der Waals surface area contributed by atoms with Crippen molar-refractivity contribution >= 4 is 11.6 Å². The molecular formula is C24H26N2O2. The standard InChI is InChI=1S/C24H26N2O2/c1-3-26(4-2)18-19-10-12-20(13-11-19)24(27)25-21-14-16-23(17-15-21)28-22-8-6-5-7-9-22/h5-17H,3-4,18H2,1-2H3,(H,25,27). The molecule has 0 aliphatic heterocycles. The molecule has 144 valence electrons. The Morgan fingerprint density at radius 2 is 1.43 bits per heavy atom. The fourth-order valence-corrected chi connectivity index (χ4v) is 2.90. The second-order valence-electron chi connectivity index (χ2n) is 6.55. The summed E-state index contributed by atoms with van der Waals surface area (Å²) in [5.41, 5.74) is 2.59. The van der Waals surface area contributed by atoms with E-state index in [4.69, 9.17) is 4.74 Å². The number of rotatable bonds is 8. The van der Waals surface area contributed by atoms with Gasteiger partial charge in [0.05, 0.1) is 0 Å². The van der Waals surface area contributed by atoms with E-state index in [2.05, 4.69) is 24.1 Å². The second kappa shape index (κ2) is 9.72. The van der Waals surface area contributed by atoms with Gasteiger partial charge in [-0.25, -0.2) is 0 Å². The average Bonchev–Trinajstić information content (AvgIpc) is 2.74. The highest BCUT2D eigenvalue weighted by Crippen LogP contribution is 2.23. The fourth-order valence-electron chi connectivity index (χ4n) is 2.90. The Morgan fingerprint density at radius 1 is 0.821 bits per heavy atom. The summed E-state index contributed by atoms with van der Waals surface area (Å²) in [7, 11) is 0. The van der Waals surface area contributed by atoms with Gasteiger partial charge in [-0.2, -0.15) is 0 Å². The molecule has 0 saturated carbocycles. The predicted molar refractivity (Wildman–Crippen MR) is 114 cm³/mol. The van der Waals surface area contributed by atoms with Gasteiger partial charge in [-0.1, -0.05) is 44.2 Å². The monoisotopic (exact) mass is 374 g/mol. The van der Waals surface area contributed by atoms with E-state index in [1.54, 1.807) is 0 Å². The van der Waals surface area contributed by atoms with Crippen molar-refractivity contribution in [3.05, 3.63) is 90.0 Å². The number of hydrogen-bond acceptors (Lipinski definition) is 3. The Balaban J connectivity index is 1.58. The zero-order chi connectivity index (χ0) is 19.8. The first kappa shape index (κ1) is 19.6. The number of hydrogen-bond donors (Lipinski definition) is 1. The number of ether oxygens (including phenoxy) is 1. The van der Waals surface area contributed by atoms with Crippen LogP contribution in [0.5, 0.6) is 11.5 Å². The van der Waals surface area contributed by atoms with Gasteiger partial charge in [0.2, 0.25) is 0 Å². The van der Waals surface area contributed by atoms with E-state index in [0.717, 1.165) is 36.8 Å². The van der Waals surface area contributed by atoms with Crippen LogP contribution in [-0.4, -0.2) is 23.9 Å². The molecule has 0 aliphatic carbocycles. The van der Waals surface area contributed by atoms with Crippen LogP contribution in [0.25, 0.3) is 0 Å². The number of carbonyl (C=O) groups is 1. The lowest BCUT2D eigenvalue weighted by molar-refractivity contribution is 0.102. The van der Waals surface area contributed by atoms with Crippen molar-refractivity contribution in [2.75, 3.05) is 18.4 Å². The van der Waals surface area contributed by atoms with Crippen LogP contribution in [0.3, 0.4) is 0 Å². The van der Waals surface area contributed by atoms with Gasteiger partial charge in [-0.3, -0.25) is 9.69 Å². The molecule has 28 heavy (non-hydrogen) atoms. The summed E-state index contributed by atoms with van der Waals surface area (Å²) in [6.07, 6.45) is 0. The molecule has 3 aromatic carbocycles. The molecule has 3 aromatic rings. The Morgan fingerprint density at radius 3 is 2.04 bits per heavy atom. The Bertz CT molecular complexity index is 871. The van der Waals surface area contributed by atoms with Crippen LogP contribution in [0.15, 0.2) is 78.9 Å². The zero-order valence-electron chi connectivity index (χ0n) is 16.4. The number of amides is 1. The fraction of sp³-hybridized carbons (Fsp3) is 0.208. The Hall–Kier alpha value is -3.11. The Kier molecular flexibility index (Phi) is 6.82. The molecular weight excluding hydrogens is 348 g/mol. The molecule has 0 bridgehead atoms. The lowest BCUT2D eigenvalue weighted by Crippen LogP contribution is -2.22. The summed E-state index contributed by atoms with van der Waals surface area (Å²) in [6, 6.07) is 24.8. The van der Waals surface area contributed by atoms with E-state index in [9.17, 15) is 4.79 Å². The van der Waals surface area contributed by atoms with E-state index in [1.807, 2.05) is 78.9 Å². The van der Waals surface area contributed by atoms with Gasteiger partial charge in [0, 0.05) is 17.8 Å². The molecule has 0 aromatic heterocycles. The van der Waals surface area contributed by atoms with Crippen LogP contribution in [0.1, 0.15) is 29.8 Å². The molecule has 4 heteroatoms. The minimum Gasteiger partial charge on any atom is -0.457 e. The van der Waals surface area contributed by atoms with Crippen LogP contribution in [0.2, 0.25) is 0 Å². The highest BCUT2D eigenvalue weighted by atomic mass is 16.5. The number of carbonyl (C=O) groups excluding carboxylic acids is 1. The molecule has 0 spiro atoms. The van der Waals surface area contributed by atoms with Gasteiger partial charge in [0.25, 0.3) is 5.91 Å². The third-order valence-corrected chi connectivity index (χ3v) is 4.61. The molecule has 1 amide bonds. The van der Waals surface area contributed by atoms with E-state index in [-0.39, 0.29) is 5.91 Å². The highest BCUT2D eigenvalue weighted by molar-refractivity contribution is 6.04. The van der Waals surface area contributed by atoms with Gasteiger partial charge >= 0.3 is 0 Å². The van der Waals surface area contributed by atoms with Crippen molar-refractivity contribution in [2.24, 2.45) is 0 Å². The van der Waals surface area contributed by atoms with Gasteiger partial charge in [-0.15, -0.1) is 0 Å². The first-order valence-corrected chi connectivity index (χ1v) is 9.63. The maximum absolute atomic E-state index is 12.5. The minimum absolute atomic E-state index is 0.119. The number of nitrogens with zero attached hydrogens (tertiary/aromatic N) is 1. The largest absolute Gasteiger partial charge is 0.457 e. The van der Waals surface area contributed by atoms with E-state index >= 15 is 0 Å². The summed E-state index contributed by atoms with van der Waals surface area (Å²) in [4.78, 5) is 14.8. The van der Waals surface area contributed by atoms with Gasteiger partial charge in [0.15, 0.2) is 0 Å². The molecule has 1 N–H and O–H groups in total. The third kappa shape index (κ3) is 5.44. The Labute approximate surface area is 166 Å².